The second-order valence-corrected chi connectivity index (χ2v) is 8.48. The van der Waals surface area contributed by atoms with E-state index in [1.165, 1.54) is 16.4 Å². The summed E-state index contributed by atoms with van der Waals surface area (Å²) in [6.45, 7) is 1.73. The fourth-order valence-electron chi connectivity index (χ4n) is 3.17. The van der Waals surface area contributed by atoms with Crippen molar-refractivity contribution in [2.45, 2.75) is 30.3 Å². The van der Waals surface area contributed by atoms with Crippen LogP contribution in [0.4, 0.5) is 4.39 Å². The number of rotatable bonds is 5. The van der Waals surface area contributed by atoms with Crippen molar-refractivity contribution in [3.63, 3.8) is 0 Å². The van der Waals surface area contributed by atoms with Crippen LogP contribution in [0, 0.1) is 5.82 Å². The van der Waals surface area contributed by atoms with Crippen molar-refractivity contribution in [1.82, 2.24) is 24.2 Å². The van der Waals surface area contributed by atoms with Crippen molar-refractivity contribution in [2.75, 3.05) is 19.6 Å². The van der Waals surface area contributed by atoms with Crippen molar-refractivity contribution in [3.05, 3.63) is 42.0 Å². The average Bonchev–Trinajstić information content (AvgIpc) is 3.16. The lowest BCUT2D eigenvalue weighted by atomic mass is 10.2. The fraction of sp³-hybridized carbons (Fsp3) is 0.438. The third kappa shape index (κ3) is 3.10. The van der Waals surface area contributed by atoms with Gasteiger partial charge in [0.2, 0.25) is 15.9 Å². The number of halogens is 1. The summed E-state index contributed by atoms with van der Waals surface area (Å²) in [6, 6.07) is 4.69. The second-order valence-electron chi connectivity index (χ2n) is 6.54. The molecule has 4 rings (SSSR count). The van der Waals surface area contributed by atoms with Crippen molar-refractivity contribution in [1.29, 1.82) is 0 Å². The van der Waals surface area contributed by atoms with Crippen LogP contribution in [0.25, 0.3) is 0 Å². The molecular weight excluding hydrogens is 361 g/mol. The Morgan fingerprint density at radius 3 is 2.58 bits per heavy atom. The van der Waals surface area contributed by atoms with Crippen LogP contribution in [0.3, 0.4) is 0 Å². The Morgan fingerprint density at radius 2 is 1.92 bits per heavy atom. The zero-order chi connectivity index (χ0) is 18.3. The van der Waals surface area contributed by atoms with Gasteiger partial charge in [-0.2, -0.15) is 4.31 Å². The van der Waals surface area contributed by atoms with Gasteiger partial charge in [-0.25, -0.2) is 17.5 Å². The third-order valence-electron chi connectivity index (χ3n) is 4.74. The van der Waals surface area contributed by atoms with Crippen molar-refractivity contribution in [2.24, 2.45) is 0 Å². The van der Waals surface area contributed by atoms with Crippen molar-refractivity contribution < 1.29 is 17.6 Å². The molecule has 2 saturated heterocycles. The summed E-state index contributed by atoms with van der Waals surface area (Å²) in [5.74, 6) is -0.350. The van der Waals surface area contributed by atoms with Crippen LogP contribution in [0.5, 0.6) is 0 Å². The highest BCUT2D eigenvalue weighted by Crippen LogP contribution is 2.28. The number of hydrogen-bond donors (Lipinski definition) is 0. The molecule has 26 heavy (non-hydrogen) atoms. The Hall–Kier alpha value is -2.33. The van der Waals surface area contributed by atoms with E-state index in [9.17, 15) is 17.6 Å². The van der Waals surface area contributed by atoms with Crippen LogP contribution < -0.4 is 0 Å². The first-order valence-electron chi connectivity index (χ1n) is 8.38. The number of amides is 1. The molecule has 1 amide bonds. The Labute approximate surface area is 150 Å². The third-order valence-corrected chi connectivity index (χ3v) is 6.58. The van der Waals surface area contributed by atoms with Crippen LogP contribution in [-0.2, 0) is 21.4 Å². The molecule has 0 spiro atoms. The van der Waals surface area contributed by atoms with Gasteiger partial charge in [-0.1, -0.05) is 5.21 Å². The number of carbonyl (C=O) groups is 1. The smallest absolute Gasteiger partial charge is 0.243 e. The minimum atomic E-state index is -3.63. The van der Waals surface area contributed by atoms with Gasteiger partial charge in [-0.15, -0.1) is 5.10 Å². The highest BCUT2D eigenvalue weighted by Gasteiger charge is 2.38. The van der Waals surface area contributed by atoms with Gasteiger partial charge in [0.15, 0.2) is 0 Å². The summed E-state index contributed by atoms with van der Waals surface area (Å²) in [5, 5.41) is 8.15. The van der Waals surface area contributed by atoms with Crippen molar-refractivity contribution in [3.8, 4) is 0 Å². The summed E-state index contributed by atoms with van der Waals surface area (Å²) < 4.78 is 40.9. The highest BCUT2D eigenvalue weighted by atomic mass is 32.2. The molecule has 0 N–H and O–H groups in total. The number of carbonyl (C=O) groups excluding carboxylic acids is 1. The molecule has 2 aliphatic heterocycles. The SMILES string of the molecule is O=C1CCCN1Cc1cn(C2CN(S(=O)(=O)c3ccc(F)cc3)C2)nn1. The van der Waals surface area contributed by atoms with Gasteiger partial charge in [0.05, 0.1) is 23.7 Å². The van der Waals surface area contributed by atoms with E-state index in [4.69, 9.17) is 0 Å². The zero-order valence-corrected chi connectivity index (χ0v) is 14.8. The minimum Gasteiger partial charge on any atom is -0.337 e. The molecule has 10 heteroatoms. The lowest BCUT2D eigenvalue weighted by Gasteiger charge is -2.37. The Balaban J connectivity index is 1.39. The second kappa shape index (κ2) is 6.44. The number of sulfonamides is 1. The number of aromatic nitrogens is 3. The standard InChI is InChI=1S/C16H18FN5O3S/c17-12-3-5-15(6-4-12)26(24,25)21-10-14(11-21)22-9-13(18-19-22)8-20-7-1-2-16(20)23/h3-6,9,14H,1-2,7-8,10-11H2. The number of hydrogen-bond acceptors (Lipinski definition) is 5. The predicted octanol–water partition coefficient (Wildman–Crippen LogP) is 0.785. The molecule has 3 heterocycles. The number of likely N-dealkylation sites (tertiary alicyclic amines) is 1. The summed E-state index contributed by atoms with van der Waals surface area (Å²) in [4.78, 5) is 13.5. The van der Waals surface area contributed by atoms with E-state index in [-0.39, 0.29) is 29.9 Å². The molecule has 0 atom stereocenters. The molecule has 2 aliphatic rings. The topological polar surface area (TPSA) is 88.4 Å². The molecule has 2 aromatic rings. The molecule has 0 aliphatic carbocycles. The molecule has 1 aromatic heterocycles. The van der Waals surface area contributed by atoms with E-state index in [1.54, 1.807) is 15.8 Å². The first-order chi connectivity index (χ1) is 12.4. The van der Waals surface area contributed by atoms with Gasteiger partial charge in [-0.3, -0.25) is 4.79 Å². The quantitative estimate of drug-likeness (QED) is 0.766. The zero-order valence-electron chi connectivity index (χ0n) is 14.0. The van der Waals surface area contributed by atoms with Crippen LogP contribution in [0.15, 0.2) is 35.4 Å². The first-order valence-corrected chi connectivity index (χ1v) is 9.82. The molecule has 2 fully saturated rings. The van der Waals surface area contributed by atoms with Gasteiger partial charge >= 0.3 is 0 Å². The van der Waals surface area contributed by atoms with Crippen LogP contribution >= 0.6 is 0 Å². The Bertz CT molecular complexity index is 922. The largest absolute Gasteiger partial charge is 0.337 e. The molecule has 0 unspecified atom stereocenters. The van der Waals surface area contributed by atoms with E-state index < -0.39 is 15.8 Å². The van der Waals surface area contributed by atoms with Gasteiger partial charge in [0, 0.05) is 26.1 Å². The summed E-state index contributed by atoms with van der Waals surface area (Å²) in [7, 11) is -3.63. The predicted molar refractivity (Wildman–Crippen MR) is 88.9 cm³/mol. The van der Waals surface area contributed by atoms with Crippen LogP contribution in [-0.4, -0.2) is 58.2 Å². The molecule has 8 nitrogen and oxygen atoms in total. The molecule has 1 aromatic carbocycles. The number of benzene rings is 1. The van der Waals surface area contributed by atoms with Gasteiger partial charge < -0.3 is 4.90 Å². The van der Waals surface area contributed by atoms with Gasteiger partial charge in [-0.05, 0) is 30.7 Å². The molecular formula is C16H18FN5O3S. The highest BCUT2D eigenvalue weighted by molar-refractivity contribution is 7.89. The maximum atomic E-state index is 13.0. The van der Waals surface area contributed by atoms with Crippen LogP contribution in [0.2, 0.25) is 0 Å². The van der Waals surface area contributed by atoms with Gasteiger partial charge in [0.25, 0.3) is 0 Å². The lowest BCUT2D eigenvalue weighted by molar-refractivity contribution is -0.128. The molecule has 138 valence electrons. The monoisotopic (exact) mass is 379 g/mol. The average molecular weight is 379 g/mol. The Kier molecular flexibility index (Phi) is 4.23. The van der Waals surface area contributed by atoms with Gasteiger partial charge in [0.1, 0.15) is 11.5 Å². The normalized spacial score (nSPS) is 19.1. The lowest BCUT2D eigenvalue weighted by Crippen LogP contribution is -2.50. The molecule has 0 bridgehead atoms. The first kappa shape index (κ1) is 17.1. The van der Waals surface area contributed by atoms with E-state index in [0.717, 1.165) is 25.1 Å². The van der Waals surface area contributed by atoms with E-state index in [0.29, 0.717) is 18.7 Å². The minimum absolute atomic E-state index is 0.0733. The maximum Gasteiger partial charge on any atom is 0.243 e. The van der Waals surface area contributed by atoms with E-state index in [2.05, 4.69) is 10.3 Å². The summed E-state index contributed by atoms with van der Waals surface area (Å²) in [6.07, 6.45) is 3.21. The fourth-order valence-corrected chi connectivity index (χ4v) is 4.68. The molecule has 0 saturated carbocycles. The maximum absolute atomic E-state index is 13.0. The van der Waals surface area contributed by atoms with Crippen LogP contribution in [0.1, 0.15) is 24.6 Å². The Morgan fingerprint density at radius 1 is 1.19 bits per heavy atom. The van der Waals surface area contributed by atoms with E-state index >= 15 is 0 Å². The summed E-state index contributed by atoms with van der Waals surface area (Å²) >= 11 is 0. The van der Waals surface area contributed by atoms with E-state index in [1.807, 2.05) is 0 Å². The van der Waals surface area contributed by atoms with Crippen molar-refractivity contribution >= 4 is 15.9 Å². The summed E-state index contributed by atoms with van der Waals surface area (Å²) in [5.41, 5.74) is 0.695. The molecule has 0 radical (unpaired) electrons. The number of nitrogens with zero attached hydrogens (tertiary/aromatic N) is 5.